The molecule has 0 aliphatic heterocycles. The van der Waals surface area contributed by atoms with Crippen LogP contribution in [0.1, 0.15) is 122 Å². The van der Waals surface area contributed by atoms with Gasteiger partial charge in [-0.05, 0) is 49.4 Å². The van der Waals surface area contributed by atoms with Gasteiger partial charge in [0.15, 0.2) is 0 Å². The molecule has 1 heteroatoms. The van der Waals surface area contributed by atoms with Crippen molar-refractivity contribution < 1.29 is 4.74 Å². The maximum absolute atomic E-state index is 6.11. The van der Waals surface area contributed by atoms with E-state index in [2.05, 4.69) is 41.5 Å². The Morgan fingerprint density at radius 2 is 0.609 bits per heavy atom. The normalized spacial score (nSPS) is 10.4. The quantitative estimate of drug-likeness (QED) is 0.389. The predicted octanol–water partition coefficient (Wildman–Crippen LogP) is 8.51. The number of rotatable bonds is 10. The molecule has 0 aliphatic carbocycles. The number of hydrogen-bond donors (Lipinski definition) is 0. The summed E-state index contributed by atoms with van der Waals surface area (Å²) in [4.78, 5) is 0. The summed E-state index contributed by atoms with van der Waals surface area (Å²) in [7, 11) is 0. The molecule has 0 saturated carbocycles. The molecule has 0 rings (SSSR count). The van der Waals surface area contributed by atoms with Crippen molar-refractivity contribution >= 4 is 0 Å². The Kier molecular flexibility index (Phi) is 29.4. The van der Waals surface area contributed by atoms with E-state index in [1.165, 1.54) is 38.5 Å². The van der Waals surface area contributed by atoms with Crippen LogP contribution in [0.25, 0.3) is 0 Å². The van der Waals surface area contributed by atoms with Crippen molar-refractivity contribution in [1.29, 1.82) is 0 Å². The van der Waals surface area contributed by atoms with E-state index >= 15 is 0 Å². The molecule has 0 atom stereocenters. The van der Waals surface area contributed by atoms with Crippen LogP contribution in [0.5, 0.6) is 0 Å². The van der Waals surface area contributed by atoms with Gasteiger partial charge in [0.1, 0.15) is 0 Å². The van der Waals surface area contributed by atoms with Gasteiger partial charge < -0.3 is 4.74 Å². The Labute approximate surface area is 151 Å². The van der Waals surface area contributed by atoms with Crippen LogP contribution in [-0.4, -0.2) is 13.2 Å². The minimum atomic E-state index is 0.418. The molecule has 0 N–H and O–H groups in total. The van der Waals surface area contributed by atoms with Crippen molar-refractivity contribution in [2.24, 2.45) is 10.8 Å². The molecule has 0 saturated heterocycles. The van der Waals surface area contributed by atoms with Gasteiger partial charge in [-0.15, -0.1) is 0 Å². The molecule has 0 aliphatic rings. The largest absolute Gasteiger partial charge is 0.380 e. The second kappa shape index (κ2) is 22.0. The lowest BCUT2D eigenvalue weighted by Gasteiger charge is -2.34. The SMILES string of the molecule is CC.CC.CC.CCC(CC)(CC)COCC(CC)(CC)CC. The number of hydrogen-bond acceptors (Lipinski definition) is 1. The lowest BCUT2D eigenvalue weighted by atomic mass is 9.79. The van der Waals surface area contributed by atoms with Crippen molar-refractivity contribution in [3.05, 3.63) is 0 Å². The van der Waals surface area contributed by atoms with Gasteiger partial charge in [0.2, 0.25) is 0 Å². The summed E-state index contributed by atoms with van der Waals surface area (Å²) >= 11 is 0. The van der Waals surface area contributed by atoms with E-state index in [1.807, 2.05) is 41.5 Å². The first-order valence-electron chi connectivity index (χ1n) is 10.6. The summed E-state index contributed by atoms with van der Waals surface area (Å²) in [5.74, 6) is 0. The first-order valence-corrected chi connectivity index (χ1v) is 10.6. The molecule has 0 unspecified atom stereocenters. The fraction of sp³-hybridized carbons (Fsp3) is 1.00. The highest BCUT2D eigenvalue weighted by Gasteiger charge is 2.28. The van der Waals surface area contributed by atoms with Crippen LogP contribution in [0.2, 0.25) is 0 Å². The molecule has 0 aromatic carbocycles. The molecular formula is C22H52O. The molecule has 0 spiro atoms. The molecule has 1 nitrogen and oxygen atoms in total. The van der Waals surface area contributed by atoms with Gasteiger partial charge in [-0.25, -0.2) is 0 Å². The van der Waals surface area contributed by atoms with E-state index in [-0.39, 0.29) is 0 Å². The predicted molar refractivity (Wildman–Crippen MR) is 111 cm³/mol. The van der Waals surface area contributed by atoms with E-state index in [0.717, 1.165) is 13.2 Å². The summed E-state index contributed by atoms with van der Waals surface area (Å²) < 4.78 is 6.11. The second-order valence-electron chi connectivity index (χ2n) is 5.61. The van der Waals surface area contributed by atoms with Crippen LogP contribution < -0.4 is 0 Å². The Bertz CT molecular complexity index is 142. The first kappa shape index (κ1) is 30.8. The standard InChI is InChI=1S/C16H34O.3C2H6/c1-7-15(8-2,9-3)13-17-14-16(10-4,11-5)12-6;3*1-2/h7-14H2,1-6H3;3*1-2H3. The molecule has 0 radical (unpaired) electrons. The van der Waals surface area contributed by atoms with Crippen molar-refractivity contribution in [2.75, 3.05) is 13.2 Å². The van der Waals surface area contributed by atoms with E-state index in [0.29, 0.717) is 10.8 Å². The number of ether oxygens (including phenoxy) is 1. The molecule has 0 aromatic heterocycles. The highest BCUT2D eigenvalue weighted by molar-refractivity contribution is 4.77. The zero-order chi connectivity index (χ0) is 19.4. The van der Waals surface area contributed by atoms with Gasteiger partial charge in [-0.3, -0.25) is 0 Å². The Balaban J connectivity index is -0.000000267. The topological polar surface area (TPSA) is 9.23 Å². The van der Waals surface area contributed by atoms with E-state index in [4.69, 9.17) is 4.74 Å². The summed E-state index contributed by atoms with van der Waals surface area (Å²) in [6.07, 6.45) is 7.40. The lowest BCUT2D eigenvalue weighted by Crippen LogP contribution is -2.30. The van der Waals surface area contributed by atoms with Crippen molar-refractivity contribution in [3.8, 4) is 0 Å². The van der Waals surface area contributed by atoms with Crippen LogP contribution in [-0.2, 0) is 4.74 Å². The third-order valence-electron chi connectivity index (χ3n) is 5.32. The summed E-state index contributed by atoms with van der Waals surface area (Å²) in [6, 6.07) is 0. The van der Waals surface area contributed by atoms with Crippen molar-refractivity contribution in [3.63, 3.8) is 0 Å². The average molecular weight is 333 g/mol. The van der Waals surface area contributed by atoms with Crippen molar-refractivity contribution in [2.45, 2.75) is 122 Å². The molecule has 0 fully saturated rings. The molecule has 0 aromatic rings. The highest BCUT2D eigenvalue weighted by Crippen LogP contribution is 2.34. The molecule has 0 bridgehead atoms. The first-order chi connectivity index (χ1) is 11.1. The van der Waals surface area contributed by atoms with Crippen LogP contribution in [0.3, 0.4) is 0 Å². The van der Waals surface area contributed by atoms with Gasteiger partial charge in [0, 0.05) is 0 Å². The lowest BCUT2D eigenvalue weighted by molar-refractivity contribution is -0.0181. The third kappa shape index (κ3) is 13.0. The van der Waals surface area contributed by atoms with Crippen LogP contribution in [0, 0.1) is 10.8 Å². The van der Waals surface area contributed by atoms with E-state index in [9.17, 15) is 0 Å². The average Bonchev–Trinajstić information content (AvgIpc) is 2.68. The summed E-state index contributed by atoms with van der Waals surface area (Å²) in [5, 5.41) is 0. The minimum absolute atomic E-state index is 0.418. The van der Waals surface area contributed by atoms with E-state index in [1.54, 1.807) is 0 Å². The molecule has 23 heavy (non-hydrogen) atoms. The highest BCUT2D eigenvalue weighted by atomic mass is 16.5. The van der Waals surface area contributed by atoms with E-state index < -0.39 is 0 Å². The van der Waals surface area contributed by atoms with Crippen molar-refractivity contribution in [1.82, 2.24) is 0 Å². The Hall–Kier alpha value is -0.0400. The van der Waals surface area contributed by atoms with Gasteiger partial charge in [0.25, 0.3) is 0 Å². The van der Waals surface area contributed by atoms with Crippen LogP contribution in [0.15, 0.2) is 0 Å². The van der Waals surface area contributed by atoms with Gasteiger partial charge in [-0.1, -0.05) is 83.1 Å². The molecule has 0 heterocycles. The van der Waals surface area contributed by atoms with Gasteiger partial charge >= 0.3 is 0 Å². The van der Waals surface area contributed by atoms with Gasteiger partial charge in [0.05, 0.1) is 13.2 Å². The zero-order valence-corrected chi connectivity index (χ0v) is 19.1. The molecule has 146 valence electrons. The zero-order valence-electron chi connectivity index (χ0n) is 19.1. The molecular weight excluding hydrogens is 280 g/mol. The maximum atomic E-state index is 6.11. The Morgan fingerprint density at radius 3 is 0.739 bits per heavy atom. The maximum Gasteiger partial charge on any atom is 0.0522 e. The smallest absolute Gasteiger partial charge is 0.0522 e. The monoisotopic (exact) mass is 332 g/mol. The second-order valence-corrected chi connectivity index (χ2v) is 5.61. The summed E-state index contributed by atoms with van der Waals surface area (Å²) in [6.45, 7) is 27.7. The molecule has 0 amide bonds. The Morgan fingerprint density at radius 1 is 0.435 bits per heavy atom. The fourth-order valence-electron chi connectivity index (χ4n) is 2.60. The van der Waals surface area contributed by atoms with Crippen LogP contribution >= 0.6 is 0 Å². The third-order valence-corrected chi connectivity index (χ3v) is 5.32. The summed E-state index contributed by atoms with van der Waals surface area (Å²) in [5.41, 5.74) is 0.835. The van der Waals surface area contributed by atoms with Gasteiger partial charge in [-0.2, -0.15) is 0 Å². The minimum Gasteiger partial charge on any atom is -0.380 e. The van der Waals surface area contributed by atoms with Crippen LogP contribution in [0.4, 0.5) is 0 Å². The fourth-order valence-corrected chi connectivity index (χ4v) is 2.60.